The summed E-state index contributed by atoms with van der Waals surface area (Å²) in [5.41, 5.74) is 2.19. The van der Waals surface area contributed by atoms with Crippen LogP contribution in [0.5, 0.6) is 11.5 Å². The number of hydrogen-bond donors (Lipinski definition) is 0. The molecule has 0 spiro atoms. The van der Waals surface area contributed by atoms with Crippen LogP contribution < -0.4 is 9.47 Å². The second-order valence-electron chi connectivity index (χ2n) is 11.8. The molecule has 1 heterocycles. The van der Waals surface area contributed by atoms with Crippen molar-refractivity contribution in [2.45, 2.75) is 131 Å². The van der Waals surface area contributed by atoms with E-state index in [0.29, 0.717) is 47.7 Å². The van der Waals surface area contributed by atoms with Gasteiger partial charge in [-0.15, -0.1) is 0 Å². The van der Waals surface area contributed by atoms with Gasteiger partial charge in [0, 0.05) is 18.1 Å². The van der Waals surface area contributed by atoms with Crippen molar-refractivity contribution >= 4 is 21.9 Å². The van der Waals surface area contributed by atoms with Gasteiger partial charge in [-0.3, -0.25) is 4.79 Å². The molecule has 3 atom stereocenters. The summed E-state index contributed by atoms with van der Waals surface area (Å²) in [6.07, 6.45) is 3.63. The van der Waals surface area contributed by atoms with Gasteiger partial charge in [-0.2, -0.15) is 13.2 Å². The fourth-order valence-electron chi connectivity index (χ4n) is 5.46. The van der Waals surface area contributed by atoms with Crippen molar-refractivity contribution in [3.05, 3.63) is 21.2 Å². The van der Waals surface area contributed by atoms with E-state index >= 15 is 0 Å². The number of alkyl halides is 3. The molecule has 7 heteroatoms. The number of halogens is 4. The molecular weight excluding hydrogens is 545 g/mol. The van der Waals surface area contributed by atoms with Crippen molar-refractivity contribution in [3.63, 3.8) is 0 Å². The molecule has 212 valence electrons. The first-order valence-electron chi connectivity index (χ1n) is 13.9. The van der Waals surface area contributed by atoms with Gasteiger partial charge in [0.25, 0.3) is 0 Å². The minimum Gasteiger partial charge on any atom is -0.487 e. The molecule has 1 aromatic carbocycles. The molecule has 0 aromatic heterocycles. The molecule has 1 aromatic rings. The van der Waals surface area contributed by atoms with Crippen LogP contribution in [0, 0.1) is 31.6 Å². The van der Waals surface area contributed by atoms with Gasteiger partial charge >= 0.3 is 12.1 Å². The molecule has 0 amide bonds. The van der Waals surface area contributed by atoms with Gasteiger partial charge in [-0.05, 0) is 92.6 Å². The first-order chi connectivity index (χ1) is 17.1. The highest BCUT2D eigenvalue weighted by Crippen LogP contribution is 2.47. The van der Waals surface area contributed by atoms with Gasteiger partial charge in [0.1, 0.15) is 17.1 Å². The quantitative estimate of drug-likeness (QED) is 0.169. The highest BCUT2D eigenvalue weighted by atomic mass is 79.9. The Morgan fingerprint density at radius 3 is 2.19 bits per heavy atom. The third kappa shape index (κ3) is 9.47. The lowest BCUT2D eigenvalue weighted by Crippen LogP contribution is -2.37. The van der Waals surface area contributed by atoms with E-state index in [-0.39, 0.29) is 18.8 Å². The largest absolute Gasteiger partial charge is 0.487 e. The monoisotopic (exact) mass is 590 g/mol. The fraction of sp³-hybridized carbons (Fsp3) is 0.767. The summed E-state index contributed by atoms with van der Waals surface area (Å²) in [5.74, 6) is 0.794. The lowest BCUT2D eigenvalue weighted by atomic mass is 9.84. The molecule has 0 N–H and O–H groups in total. The van der Waals surface area contributed by atoms with E-state index in [4.69, 9.17) is 9.47 Å². The van der Waals surface area contributed by atoms with Gasteiger partial charge in [0.2, 0.25) is 0 Å². The second-order valence-corrected chi connectivity index (χ2v) is 12.6. The normalized spacial score (nSPS) is 19.4. The number of rotatable bonds is 13. The van der Waals surface area contributed by atoms with E-state index in [9.17, 15) is 18.0 Å². The number of ether oxygens (including phenoxy) is 2. The lowest BCUT2D eigenvalue weighted by molar-refractivity contribution is -0.179. The zero-order valence-corrected chi connectivity index (χ0v) is 25.3. The minimum absolute atomic E-state index is 0.143. The molecule has 0 bridgehead atoms. The number of fused-ring (bicyclic) bond motifs is 1. The van der Waals surface area contributed by atoms with E-state index in [2.05, 4.69) is 36.7 Å². The van der Waals surface area contributed by atoms with Crippen LogP contribution in [0.25, 0.3) is 0 Å². The summed E-state index contributed by atoms with van der Waals surface area (Å²) in [5, 5.41) is 0. The van der Waals surface area contributed by atoms with E-state index in [1.165, 1.54) is 13.3 Å². The summed E-state index contributed by atoms with van der Waals surface area (Å²) in [6, 6.07) is 0. The molecule has 3 nitrogen and oxygen atoms in total. The average molecular weight is 592 g/mol. The Hall–Kier alpha value is -1.24. The van der Waals surface area contributed by atoms with Crippen LogP contribution in [-0.4, -0.2) is 17.7 Å². The van der Waals surface area contributed by atoms with E-state index in [0.717, 1.165) is 48.1 Å². The highest BCUT2D eigenvalue weighted by Gasteiger charge is 2.40. The van der Waals surface area contributed by atoms with Crippen molar-refractivity contribution in [2.75, 3.05) is 0 Å². The summed E-state index contributed by atoms with van der Waals surface area (Å²) in [7, 11) is 0. The van der Waals surface area contributed by atoms with Crippen LogP contribution in [0.4, 0.5) is 13.2 Å². The van der Waals surface area contributed by atoms with Gasteiger partial charge in [0.05, 0.1) is 10.4 Å². The van der Waals surface area contributed by atoms with Gasteiger partial charge < -0.3 is 9.47 Å². The fourth-order valence-corrected chi connectivity index (χ4v) is 6.02. The molecule has 0 aliphatic carbocycles. The van der Waals surface area contributed by atoms with Crippen molar-refractivity contribution in [2.24, 2.45) is 17.8 Å². The number of carbonyl (C=O) groups excluding carboxylic acids is 1. The summed E-state index contributed by atoms with van der Waals surface area (Å²) in [6.45, 7) is 13.8. The predicted octanol–water partition coefficient (Wildman–Crippen LogP) is 10.1. The molecule has 0 fully saturated rings. The van der Waals surface area contributed by atoms with E-state index in [1.807, 2.05) is 20.8 Å². The van der Waals surface area contributed by atoms with Crippen molar-refractivity contribution in [3.8, 4) is 11.5 Å². The third-order valence-electron chi connectivity index (χ3n) is 7.88. The van der Waals surface area contributed by atoms with E-state index in [1.54, 1.807) is 0 Å². The van der Waals surface area contributed by atoms with Gasteiger partial charge in [-0.1, -0.05) is 52.9 Å². The molecule has 0 saturated heterocycles. The highest BCUT2D eigenvalue weighted by molar-refractivity contribution is 9.10. The molecule has 0 saturated carbocycles. The Labute approximate surface area is 230 Å². The number of carbonyl (C=O) groups is 1. The Bertz CT molecular complexity index is 913. The topological polar surface area (TPSA) is 35.5 Å². The predicted molar refractivity (Wildman–Crippen MR) is 147 cm³/mol. The van der Waals surface area contributed by atoms with Crippen LogP contribution in [0.2, 0.25) is 0 Å². The standard InChI is InChI=1S/C30H46BrF3O3/c1-19(2)11-8-12-20(3)13-9-14-24(30(32,33)34)15-10-17-29(7)18-16-25-21(4)28(36-23(6)35)26(31)22(5)27(25)37-29/h19-20,24H,8-18H2,1-7H3. The zero-order chi connectivity index (χ0) is 28.0. The van der Waals surface area contributed by atoms with Crippen molar-refractivity contribution < 1.29 is 27.4 Å². The maximum Gasteiger partial charge on any atom is 0.391 e. The third-order valence-corrected chi connectivity index (χ3v) is 8.84. The van der Waals surface area contributed by atoms with Crippen molar-refractivity contribution in [1.29, 1.82) is 0 Å². The first kappa shape index (κ1) is 32.0. The average Bonchev–Trinajstić information content (AvgIpc) is 2.78. The second kappa shape index (κ2) is 13.7. The van der Waals surface area contributed by atoms with E-state index < -0.39 is 17.7 Å². The zero-order valence-electron chi connectivity index (χ0n) is 23.7. The number of benzene rings is 1. The van der Waals surface area contributed by atoms with Crippen molar-refractivity contribution in [1.82, 2.24) is 0 Å². The molecule has 1 aliphatic heterocycles. The van der Waals surface area contributed by atoms with Gasteiger partial charge in [0.15, 0.2) is 0 Å². The van der Waals surface area contributed by atoms with Gasteiger partial charge in [-0.25, -0.2) is 0 Å². The van der Waals surface area contributed by atoms with Crippen LogP contribution >= 0.6 is 15.9 Å². The molecule has 3 unspecified atom stereocenters. The SMILES string of the molecule is CC(=O)Oc1c(C)c2c(c(C)c1Br)OC(C)(CCCC(CCCC(C)CCCC(C)C)C(F)(F)F)CC2. The van der Waals surface area contributed by atoms with Crippen LogP contribution in [0.15, 0.2) is 4.47 Å². The Kier molecular flexibility index (Phi) is 11.8. The molecule has 2 rings (SSSR count). The first-order valence-corrected chi connectivity index (χ1v) is 14.7. The molecule has 0 radical (unpaired) electrons. The number of esters is 1. The summed E-state index contributed by atoms with van der Waals surface area (Å²) in [4.78, 5) is 11.6. The Morgan fingerprint density at radius 2 is 1.62 bits per heavy atom. The summed E-state index contributed by atoms with van der Waals surface area (Å²) >= 11 is 3.54. The maximum absolute atomic E-state index is 13.8. The minimum atomic E-state index is -4.16. The Balaban J connectivity index is 1.95. The maximum atomic E-state index is 13.8. The summed E-state index contributed by atoms with van der Waals surface area (Å²) < 4.78 is 53.9. The lowest BCUT2D eigenvalue weighted by Gasteiger charge is -2.38. The Morgan fingerprint density at radius 1 is 1.03 bits per heavy atom. The molecule has 37 heavy (non-hydrogen) atoms. The molecule has 1 aliphatic rings. The smallest absolute Gasteiger partial charge is 0.391 e. The number of hydrogen-bond acceptors (Lipinski definition) is 3. The molecular formula is C30H46BrF3O3. The van der Waals surface area contributed by atoms with Crippen LogP contribution in [0.1, 0.15) is 116 Å². The van der Waals surface area contributed by atoms with Crippen LogP contribution in [0.3, 0.4) is 0 Å². The van der Waals surface area contributed by atoms with Crippen LogP contribution in [-0.2, 0) is 11.2 Å².